The van der Waals surface area contributed by atoms with E-state index in [1.54, 1.807) is 12.1 Å². The second kappa shape index (κ2) is 7.07. The summed E-state index contributed by atoms with van der Waals surface area (Å²) in [4.78, 5) is 5.55. The molecule has 0 N–H and O–H groups in total. The third kappa shape index (κ3) is 4.15. The average Bonchev–Trinajstić information content (AvgIpc) is 3.02. The largest absolute Gasteiger partial charge is 0.471 e. The Balaban J connectivity index is 2.13. The second-order valence-corrected chi connectivity index (χ2v) is 5.78. The molecular formula is C17H20F3N3O. The van der Waals surface area contributed by atoms with Crippen molar-refractivity contribution in [2.45, 2.75) is 33.5 Å². The molecule has 0 unspecified atom stereocenters. The maximum absolute atomic E-state index is 12.5. The topological polar surface area (TPSA) is 42.2 Å². The fourth-order valence-electron chi connectivity index (χ4n) is 2.22. The first-order chi connectivity index (χ1) is 11.2. The van der Waals surface area contributed by atoms with Crippen LogP contribution >= 0.6 is 0 Å². The van der Waals surface area contributed by atoms with Crippen LogP contribution in [-0.4, -0.2) is 21.6 Å². The van der Waals surface area contributed by atoms with Gasteiger partial charge in [-0.05, 0) is 18.4 Å². The molecule has 2 aromatic rings. The molecule has 4 nitrogen and oxygen atoms in total. The molecule has 0 aliphatic carbocycles. The second-order valence-electron chi connectivity index (χ2n) is 5.78. The van der Waals surface area contributed by atoms with Gasteiger partial charge in [0.2, 0.25) is 5.82 Å². The SMILES string of the molecule is C=C(C(C)C)N(CC)Cc1ccc(-c2noc(C(F)(F)F)n2)cc1. The van der Waals surface area contributed by atoms with Gasteiger partial charge in [0.05, 0.1) is 0 Å². The number of rotatable bonds is 6. The summed E-state index contributed by atoms with van der Waals surface area (Å²) in [6.45, 7) is 11.8. The van der Waals surface area contributed by atoms with Crippen LogP contribution in [0.15, 0.2) is 41.1 Å². The van der Waals surface area contributed by atoms with Crippen LogP contribution in [0.4, 0.5) is 13.2 Å². The molecule has 2 rings (SSSR count). The van der Waals surface area contributed by atoms with Crippen molar-refractivity contribution in [1.82, 2.24) is 15.0 Å². The minimum atomic E-state index is -4.63. The molecule has 0 atom stereocenters. The molecule has 0 aliphatic rings. The summed E-state index contributed by atoms with van der Waals surface area (Å²) in [5.41, 5.74) is 2.56. The number of allylic oxidation sites excluding steroid dienone is 1. The first-order valence-corrected chi connectivity index (χ1v) is 7.66. The van der Waals surface area contributed by atoms with Crippen molar-refractivity contribution in [3.05, 3.63) is 48.0 Å². The average molecular weight is 339 g/mol. The van der Waals surface area contributed by atoms with Crippen molar-refractivity contribution in [2.24, 2.45) is 5.92 Å². The zero-order chi connectivity index (χ0) is 17.9. The van der Waals surface area contributed by atoms with E-state index >= 15 is 0 Å². The monoisotopic (exact) mass is 339 g/mol. The van der Waals surface area contributed by atoms with Crippen LogP contribution < -0.4 is 0 Å². The van der Waals surface area contributed by atoms with Gasteiger partial charge in [-0.1, -0.05) is 49.8 Å². The molecule has 0 aliphatic heterocycles. The molecule has 0 saturated carbocycles. The lowest BCUT2D eigenvalue weighted by atomic mass is 10.1. The van der Waals surface area contributed by atoms with Gasteiger partial charge in [-0.25, -0.2) is 0 Å². The fraction of sp³-hybridized carbons (Fsp3) is 0.412. The van der Waals surface area contributed by atoms with Gasteiger partial charge in [0, 0.05) is 24.4 Å². The normalized spacial score (nSPS) is 11.8. The van der Waals surface area contributed by atoms with Crippen LogP contribution in [0.3, 0.4) is 0 Å². The maximum atomic E-state index is 12.5. The van der Waals surface area contributed by atoms with Gasteiger partial charge in [0.15, 0.2) is 0 Å². The summed E-state index contributed by atoms with van der Waals surface area (Å²) in [6.07, 6.45) is -4.63. The van der Waals surface area contributed by atoms with E-state index in [0.29, 0.717) is 18.0 Å². The summed E-state index contributed by atoms with van der Waals surface area (Å²) < 4.78 is 41.7. The Kier molecular flexibility index (Phi) is 5.31. The molecule has 130 valence electrons. The molecule has 1 aromatic heterocycles. The minimum absolute atomic E-state index is 0.0761. The lowest BCUT2D eigenvalue weighted by Crippen LogP contribution is -2.24. The first-order valence-electron chi connectivity index (χ1n) is 7.66. The van der Waals surface area contributed by atoms with Gasteiger partial charge in [0.25, 0.3) is 0 Å². The number of benzene rings is 1. The van der Waals surface area contributed by atoms with Gasteiger partial charge < -0.3 is 9.42 Å². The predicted octanol–water partition coefficient (Wildman–Crippen LogP) is 4.75. The Labute approximate surface area is 139 Å². The predicted molar refractivity (Wildman–Crippen MR) is 84.8 cm³/mol. The van der Waals surface area contributed by atoms with Gasteiger partial charge in [-0.2, -0.15) is 18.2 Å². The van der Waals surface area contributed by atoms with Crippen molar-refractivity contribution in [2.75, 3.05) is 6.54 Å². The third-order valence-corrected chi connectivity index (χ3v) is 3.71. The van der Waals surface area contributed by atoms with Gasteiger partial charge in [-0.15, -0.1) is 0 Å². The molecule has 24 heavy (non-hydrogen) atoms. The number of hydrogen-bond acceptors (Lipinski definition) is 4. The van der Waals surface area contributed by atoms with Crippen molar-refractivity contribution in [3.8, 4) is 11.4 Å². The van der Waals surface area contributed by atoms with Gasteiger partial charge >= 0.3 is 12.1 Å². The van der Waals surface area contributed by atoms with E-state index in [-0.39, 0.29) is 5.82 Å². The highest BCUT2D eigenvalue weighted by molar-refractivity contribution is 5.54. The number of nitrogens with zero attached hydrogens (tertiary/aromatic N) is 3. The summed E-state index contributed by atoms with van der Waals surface area (Å²) in [5, 5.41) is 3.38. The van der Waals surface area contributed by atoms with E-state index < -0.39 is 12.1 Å². The molecular weight excluding hydrogens is 319 g/mol. The van der Waals surface area contributed by atoms with Gasteiger partial charge in [-0.3, -0.25) is 0 Å². The Morgan fingerprint density at radius 2 is 1.88 bits per heavy atom. The summed E-state index contributed by atoms with van der Waals surface area (Å²) in [6, 6.07) is 7.06. The molecule has 1 aromatic carbocycles. The molecule has 0 spiro atoms. The lowest BCUT2D eigenvalue weighted by molar-refractivity contribution is -0.159. The van der Waals surface area contributed by atoms with E-state index in [2.05, 4.69) is 46.9 Å². The molecule has 7 heteroatoms. The minimum Gasteiger partial charge on any atom is -0.371 e. The van der Waals surface area contributed by atoms with E-state index in [4.69, 9.17) is 0 Å². The number of aromatic nitrogens is 2. The molecule has 1 heterocycles. The maximum Gasteiger partial charge on any atom is 0.471 e. The highest BCUT2D eigenvalue weighted by Gasteiger charge is 2.38. The Bertz CT molecular complexity index is 690. The lowest BCUT2D eigenvalue weighted by Gasteiger charge is -2.27. The molecule has 0 saturated heterocycles. The number of alkyl halides is 3. The highest BCUT2D eigenvalue weighted by Crippen LogP contribution is 2.29. The van der Waals surface area contributed by atoms with Gasteiger partial charge in [0.1, 0.15) is 0 Å². The van der Waals surface area contributed by atoms with Crippen molar-refractivity contribution < 1.29 is 17.7 Å². The van der Waals surface area contributed by atoms with E-state index in [1.165, 1.54) is 0 Å². The van der Waals surface area contributed by atoms with Crippen LogP contribution in [0.25, 0.3) is 11.4 Å². The van der Waals surface area contributed by atoms with E-state index in [0.717, 1.165) is 17.8 Å². The van der Waals surface area contributed by atoms with Crippen molar-refractivity contribution in [1.29, 1.82) is 0 Å². The molecule has 0 amide bonds. The highest BCUT2D eigenvalue weighted by atomic mass is 19.4. The first kappa shape index (κ1) is 18.0. The van der Waals surface area contributed by atoms with Crippen LogP contribution in [0.1, 0.15) is 32.2 Å². The van der Waals surface area contributed by atoms with Crippen LogP contribution in [-0.2, 0) is 12.7 Å². The smallest absolute Gasteiger partial charge is 0.371 e. The van der Waals surface area contributed by atoms with Crippen LogP contribution in [0, 0.1) is 5.92 Å². The quantitative estimate of drug-likeness (QED) is 0.762. The standard InChI is InChI=1S/C17H20F3N3O/c1-5-23(12(4)11(2)3)10-13-6-8-14(9-7-13)15-21-16(24-22-15)17(18,19)20/h6-9,11H,4-5,10H2,1-3H3. The summed E-state index contributed by atoms with van der Waals surface area (Å²) in [5.74, 6) is -1.07. The molecule has 0 bridgehead atoms. The molecule has 0 radical (unpaired) electrons. The fourth-order valence-corrected chi connectivity index (χ4v) is 2.22. The zero-order valence-corrected chi connectivity index (χ0v) is 13.9. The Hall–Kier alpha value is -2.31. The van der Waals surface area contributed by atoms with Crippen molar-refractivity contribution in [3.63, 3.8) is 0 Å². The van der Waals surface area contributed by atoms with E-state index in [9.17, 15) is 13.2 Å². The van der Waals surface area contributed by atoms with Crippen LogP contribution in [0.2, 0.25) is 0 Å². The summed E-state index contributed by atoms with van der Waals surface area (Å²) >= 11 is 0. The summed E-state index contributed by atoms with van der Waals surface area (Å²) in [7, 11) is 0. The Morgan fingerprint density at radius 1 is 1.25 bits per heavy atom. The Morgan fingerprint density at radius 3 is 2.33 bits per heavy atom. The van der Waals surface area contributed by atoms with Crippen LogP contribution in [0.5, 0.6) is 0 Å². The van der Waals surface area contributed by atoms with E-state index in [1.807, 2.05) is 12.1 Å². The van der Waals surface area contributed by atoms with Crippen molar-refractivity contribution >= 4 is 0 Å². The number of halogens is 3. The third-order valence-electron chi connectivity index (χ3n) is 3.71. The number of hydrogen-bond donors (Lipinski definition) is 0. The zero-order valence-electron chi connectivity index (χ0n) is 13.9. The molecule has 0 fully saturated rings.